The van der Waals surface area contributed by atoms with Crippen LogP contribution in [0.1, 0.15) is 34.2 Å². The van der Waals surface area contributed by atoms with E-state index in [2.05, 4.69) is 15.3 Å². The van der Waals surface area contributed by atoms with Crippen molar-refractivity contribution in [2.45, 2.75) is 33.5 Å². The van der Waals surface area contributed by atoms with E-state index in [0.29, 0.717) is 51.7 Å². The van der Waals surface area contributed by atoms with E-state index in [1.165, 1.54) is 0 Å². The third kappa shape index (κ3) is 4.20. The maximum Gasteiger partial charge on any atom is 0.273 e. The minimum absolute atomic E-state index is 0.223. The fourth-order valence-corrected chi connectivity index (χ4v) is 4.63. The number of fused-ring (bicyclic) bond motifs is 2. The molecule has 5 rings (SSSR count). The summed E-state index contributed by atoms with van der Waals surface area (Å²) in [7, 11) is 3.40. The lowest BCUT2D eigenvalue weighted by Crippen LogP contribution is -2.28. The maximum absolute atomic E-state index is 13.8. The van der Waals surface area contributed by atoms with Crippen LogP contribution < -0.4 is 0 Å². The second-order valence-corrected chi connectivity index (χ2v) is 9.04. The van der Waals surface area contributed by atoms with E-state index < -0.39 is 0 Å². The standard InChI is InChI=1S/C26H26ClN7O2/c1-5-34-15(2)18(12-29-34)13-33(3)26(35)24-20-10-16(14-36-4)6-9-21(20)30-25(31-24)19-8-7-17-11-28-32-23(17)22(19)27/h6-12H,5,13-14H2,1-4H3,(H,28,32). The minimum atomic E-state index is -0.223. The molecule has 0 radical (unpaired) electrons. The lowest BCUT2D eigenvalue weighted by atomic mass is 10.1. The fraction of sp³-hybridized carbons (Fsp3) is 0.269. The monoisotopic (exact) mass is 503 g/mol. The highest BCUT2D eigenvalue weighted by atomic mass is 35.5. The number of nitrogens with zero attached hydrogens (tertiary/aromatic N) is 6. The van der Waals surface area contributed by atoms with Gasteiger partial charge in [-0.3, -0.25) is 14.6 Å². The summed E-state index contributed by atoms with van der Waals surface area (Å²) in [5.74, 6) is 0.141. The molecule has 36 heavy (non-hydrogen) atoms. The number of aryl methyl sites for hydroxylation is 1. The van der Waals surface area contributed by atoms with Crippen molar-refractivity contribution in [1.82, 2.24) is 34.8 Å². The number of hydrogen-bond donors (Lipinski definition) is 1. The highest BCUT2D eigenvalue weighted by Crippen LogP contribution is 2.33. The van der Waals surface area contributed by atoms with Crippen LogP contribution in [0.2, 0.25) is 5.02 Å². The number of hydrogen-bond acceptors (Lipinski definition) is 6. The van der Waals surface area contributed by atoms with Crippen LogP contribution in [0.15, 0.2) is 42.7 Å². The summed E-state index contributed by atoms with van der Waals surface area (Å²) in [5.41, 5.74) is 5.12. The van der Waals surface area contributed by atoms with E-state index in [1.54, 1.807) is 25.3 Å². The van der Waals surface area contributed by atoms with E-state index in [4.69, 9.17) is 26.3 Å². The number of aromatic nitrogens is 6. The fourth-order valence-electron chi connectivity index (χ4n) is 4.33. The summed E-state index contributed by atoms with van der Waals surface area (Å²) >= 11 is 6.69. The van der Waals surface area contributed by atoms with Gasteiger partial charge < -0.3 is 9.64 Å². The third-order valence-corrected chi connectivity index (χ3v) is 6.70. The number of H-pyrrole nitrogens is 1. The number of carbonyl (C=O) groups is 1. The molecule has 0 saturated carbocycles. The first-order valence-corrected chi connectivity index (χ1v) is 12.0. The number of ether oxygens (including phenoxy) is 1. The van der Waals surface area contributed by atoms with Crippen LogP contribution in [0, 0.1) is 6.92 Å². The Hall–Kier alpha value is -3.82. The molecule has 0 spiro atoms. The van der Waals surface area contributed by atoms with Crippen LogP contribution in [-0.2, 0) is 24.4 Å². The van der Waals surface area contributed by atoms with Crippen LogP contribution in [0.4, 0.5) is 0 Å². The van der Waals surface area contributed by atoms with Crippen LogP contribution in [0.25, 0.3) is 33.2 Å². The van der Waals surface area contributed by atoms with Gasteiger partial charge in [-0.2, -0.15) is 10.2 Å². The normalized spacial score (nSPS) is 11.5. The lowest BCUT2D eigenvalue weighted by Gasteiger charge is -2.18. The minimum Gasteiger partial charge on any atom is -0.380 e. The van der Waals surface area contributed by atoms with Crippen molar-refractivity contribution < 1.29 is 9.53 Å². The van der Waals surface area contributed by atoms with Gasteiger partial charge in [0.25, 0.3) is 5.91 Å². The zero-order chi connectivity index (χ0) is 25.4. The molecular weight excluding hydrogens is 478 g/mol. The number of benzene rings is 2. The molecule has 0 bridgehead atoms. The number of aromatic amines is 1. The van der Waals surface area contributed by atoms with E-state index in [9.17, 15) is 4.79 Å². The number of amides is 1. The third-order valence-electron chi connectivity index (χ3n) is 6.32. The van der Waals surface area contributed by atoms with Crippen molar-refractivity contribution >= 4 is 39.3 Å². The summed E-state index contributed by atoms with van der Waals surface area (Å²) in [4.78, 5) is 24.9. The SMILES string of the molecule is CCn1ncc(CN(C)C(=O)c2nc(-c3ccc4c[nH]nc4c3Cl)nc3ccc(COC)cc23)c1C. The average Bonchev–Trinajstić information content (AvgIpc) is 3.50. The maximum atomic E-state index is 13.8. The van der Waals surface area contributed by atoms with Crippen LogP contribution >= 0.6 is 11.6 Å². The van der Waals surface area contributed by atoms with Gasteiger partial charge >= 0.3 is 0 Å². The average molecular weight is 504 g/mol. The van der Waals surface area contributed by atoms with E-state index >= 15 is 0 Å². The molecule has 10 heteroatoms. The Morgan fingerprint density at radius 2 is 2.06 bits per heavy atom. The van der Waals surface area contributed by atoms with Gasteiger partial charge in [-0.25, -0.2) is 9.97 Å². The van der Waals surface area contributed by atoms with Gasteiger partial charge in [-0.15, -0.1) is 0 Å². The van der Waals surface area contributed by atoms with Crippen molar-refractivity contribution in [2.24, 2.45) is 0 Å². The highest BCUT2D eigenvalue weighted by molar-refractivity contribution is 6.37. The van der Waals surface area contributed by atoms with E-state index in [1.807, 2.05) is 55.1 Å². The molecular formula is C26H26ClN7O2. The molecule has 0 aliphatic carbocycles. The second-order valence-electron chi connectivity index (χ2n) is 8.66. The molecule has 0 fully saturated rings. The number of halogens is 1. The number of methoxy groups -OCH3 is 1. The van der Waals surface area contributed by atoms with Crippen molar-refractivity contribution in [2.75, 3.05) is 14.2 Å². The van der Waals surface area contributed by atoms with Gasteiger partial charge in [0, 0.05) is 61.0 Å². The first kappa shape index (κ1) is 23.9. The predicted molar refractivity (Wildman–Crippen MR) is 139 cm³/mol. The van der Waals surface area contributed by atoms with Gasteiger partial charge in [-0.1, -0.05) is 23.7 Å². The molecule has 0 aliphatic heterocycles. The molecule has 0 aliphatic rings. The molecule has 3 heterocycles. The molecule has 0 atom stereocenters. The predicted octanol–water partition coefficient (Wildman–Crippen LogP) is 4.77. The van der Waals surface area contributed by atoms with Gasteiger partial charge in [0.1, 0.15) is 11.2 Å². The van der Waals surface area contributed by atoms with Crippen molar-refractivity contribution in [3.63, 3.8) is 0 Å². The molecule has 0 unspecified atom stereocenters. The quantitative estimate of drug-likeness (QED) is 0.343. The van der Waals surface area contributed by atoms with Gasteiger partial charge in [0.05, 0.1) is 23.3 Å². The van der Waals surface area contributed by atoms with Crippen LogP contribution in [0.5, 0.6) is 0 Å². The Morgan fingerprint density at radius 3 is 2.81 bits per heavy atom. The van der Waals surface area contributed by atoms with Crippen LogP contribution in [0.3, 0.4) is 0 Å². The second kappa shape index (κ2) is 9.67. The number of nitrogens with one attached hydrogen (secondary N) is 1. The molecule has 1 N–H and O–H groups in total. The van der Waals surface area contributed by atoms with Gasteiger partial charge in [-0.05, 0) is 37.6 Å². The van der Waals surface area contributed by atoms with Crippen molar-refractivity contribution in [3.8, 4) is 11.4 Å². The Bertz CT molecular complexity index is 1590. The lowest BCUT2D eigenvalue weighted by molar-refractivity contribution is 0.0781. The molecule has 3 aromatic heterocycles. The largest absolute Gasteiger partial charge is 0.380 e. The van der Waals surface area contributed by atoms with Gasteiger partial charge in [0.2, 0.25) is 0 Å². The summed E-state index contributed by atoms with van der Waals surface area (Å²) in [6.45, 7) is 5.64. The topological polar surface area (TPSA) is 102 Å². The zero-order valence-corrected chi connectivity index (χ0v) is 21.3. The van der Waals surface area contributed by atoms with Crippen molar-refractivity contribution in [1.29, 1.82) is 0 Å². The smallest absolute Gasteiger partial charge is 0.273 e. The first-order valence-electron chi connectivity index (χ1n) is 11.6. The summed E-state index contributed by atoms with van der Waals surface area (Å²) in [6, 6.07) is 9.46. The Labute approximate surface area is 213 Å². The van der Waals surface area contributed by atoms with E-state index in [0.717, 1.165) is 28.8 Å². The molecule has 9 nitrogen and oxygen atoms in total. The summed E-state index contributed by atoms with van der Waals surface area (Å²) < 4.78 is 7.21. The molecule has 5 aromatic rings. The van der Waals surface area contributed by atoms with Crippen molar-refractivity contribution in [3.05, 3.63) is 70.3 Å². The molecule has 1 amide bonds. The number of rotatable bonds is 7. The Kier molecular flexibility index (Phi) is 6.42. The number of carbonyl (C=O) groups excluding carboxylic acids is 1. The van der Waals surface area contributed by atoms with E-state index in [-0.39, 0.29) is 5.91 Å². The Balaban J connectivity index is 1.62. The molecule has 184 valence electrons. The molecule has 2 aromatic carbocycles. The summed E-state index contributed by atoms with van der Waals surface area (Å²) in [6.07, 6.45) is 3.58. The Morgan fingerprint density at radius 1 is 1.22 bits per heavy atom. The highest BCUT2D eigenvalue weighted by Gasteiger charge is 2.22. The first-order chi connectivity index (χ1) is 17.4. The van der Waals surface area contributed by atoms with Gasteiger partial charge in [0.15, 0.2) is 5.82 Å². The zero-order valence-electron chi connectivity index (χ0n) is 20.5. The summed E-state index contributed by atoms with van der Waals surface area (Å²) in [5, 5.41) is 13.4. The molecule has 0 saturated heterocycles. The van der Waals surface area contributed by atoms with Crippen LogP contribution in [-0.4, -0.2) is 54.9 Å².